The zero-order valence-corrected chi connectivity index (χ0v) is 24.2. The summed E-state index contributed by atoms with van der Waals surface area (Å²) < 4.78 is 0. The van der Waals surface area contributed by atoms with Gasteiger partial charge in [0.2, 0.25) is 0 Å². The highest BCUT2D eigenvalue weighted by molar-refractivity contribution is 6.29. The molecule has 0 bridgehead atoms. The lowest BCUT2D eigenvalue weighted by atomic mass is 9.77. The molecule has 43 heavy (non-hydrogen) atoms. The molecule has 212 valence electrons. The summed E-state index contributed by atoms with van der Waals surface area (Å²) in [6, 6.07) is 39.5. The van der Waals surface area contributed by atoms with Crippen molar-refractivity contribution in [1.29, 1.82) is 0 Å². The molecule has 5 heteroatoms. The van der Waals surface area contributed by atoms with Crippen LogP contribution >= 0.6 is 0 Å². The number of benzene rings is 4. The number of hydrogen-bond donors (Lipinski definition) is 0. The van der Waals surface area contributed by atoms with Crippen LogP contribution < -0.4 is 9.80 Å². The van der Waals surface area contributed by atoms with Gasteiger partial charge < -0.3 is 14.6 Å². The Balaban J connectivity index is 1.17. The minimum atomic E-state index is -0.360. The number of para-hydroxylation sites is 2. The van der Waals surface area contributed by atoms with Crippen LogP contribution in [-0.2, 0) is 9.63 Å². The Bertz CT molecular complexity index is 1720. The number of nitrogens with zero attached hydrogens (tertiary/aromatic N) is 3. The molecule has 1 atom stereocenters. The molecule has 3 aliphatic rings. The van der Waals surface area contributed by atoms with E-state index in [2.05, 4.69) is 107 Å². The first-order valence-corrected chi connectivity index (χ1v) is 14.9. The Kier molecular flexibility index (Phi) is 7.22. The van der Waals surface area contributed by atoms with Crippen LogP contribution in [0.1, 0.15) is 31.2 Å². The highest BCUT2D eigenvalue weighted by Gasteiger charge is 2.33. The zero-order valence-electron chi connectivity index (χ0n) is 24.2. The fourth-order valence-corrected chi connectivity index (χ4v) is 6.35. The summed E-state index contributed by atoms with van der Waals surface area (Å²) in [6.07, 6.45) is 8.53. The number of carbonyl (C=O) groups excluding carboxylic acids is 1. The molecular weight excluding hydrogens is 530 g/mol. The van der Waals surface area contributed by atoms with E-state index in [9.17, 15) is 4.79 Å². The second-order valence-electron chi connectivity index (χ2n) is 11.2. The standard InChI is InChI=1S/C38H33N3O2/c1-40(31-21-23-34(24-22-31)41(32-13-7-3-8-14-32)33-15-9-4-10-16-33)35-20-19-27-17-18-29(25-30(27)26-35)36-37(39-43-38(36)42)28-11-5-2-6-12-28/h2-16,21-27H,17-20H2,1H3/b36-29+. The molecule has 2 aliphatic carbocycles. The van der Waals surface area contributed by atoms with Crippen LogP contribution in [0.3, 0.4) is 0 Å². The van der Waals surface area contributed by atoms with Gasteiger partial charge in [-0.15, -0.1) is 0 Å². The summed E-state index contributed by atoms with van der Waals surface area (Å²) in [5.41, 5.74) is 10.2. The van der Waals surface area contributed by atoms with Gasteiger partial charge in [-0.25, -0.2) is 4.79 Å². The molecule has 1 heterocycles. The quantitative estimate of drug-likeness (QED) is 0.174. The number of oxime groups is 1. The third-order valence-electron chi connectivity index (χ3n) is 8.64. The van der Waals surface area contributed by atoms with E-state index in [4.69, 9.17) is 4.84 Å². The summed E-state index contributed by atoms with van der Waals surface area (Å²) in [5, 5.41) is 4.14. The van der Waals surface area contributed by atoms with Crippen molar-refractivity contribution in [2.45, 2.75) is 25.7 Å². The van der Waals surface area contributed by atoms with E-state index in [1.54, 1.807) is 0 Å². The van der Waals surface area contributed by atoms with Gasteiger partial charge in [-0.2, -0.15) is 0 Å². The maximum Gasteiger partial charge on any atom is 0.368 e. The van der Waals surface area contributed by atoms with Crippen molar-refractivity contribution in [3.8, 4) is 0 Å². The fraction of sp³-hybridized carbons (Fsp3) is 0.158. The second kappa shape index (κ2) is 11.6. The van der Waals surface area contributed by atoms with E-state index in [1.165, 1.54) is 11.3 Å². The summed E-state index contributed by atoms with van der Waals surface area (Å²) in [4.78, 5) is 22.5. The topological polar surface area (TPSA) is 45.1 Å². The molecule has 0 aromatic heterocycles. The molecular formula is C38H33N3O2. The van der Waals surface area contributed by atoms with Crippen molar-refractivity contribution in [2.24, 2.45) is 11.1 Å². The molecule has 0 N–H and O–H groups in total. The van der Waals surface area contributed by atoms with Crippen molar-refractivity contribution in [3.63, 3.8) is 0 Å². The van der Waals surface area contributed by atoms with E-state index in [-0.39, 0.29) is 5.97 Å². The van der Waals surface area contributed by atoms with Crippen LogP contribution in [-0.4, -0.2) is 18.7 Å². The molecule has 0 fully saturated rings. The number of anilines is 4. The van der Waals surface area contributed by atoms with E-state index in [1.807, 2.05) is 42.5 Å². The fourth-order valence-electron chi connectivity index (χ4n) is 6.35. The monoisotopic (exact) mass is 563 g/mol. The van der Waals surface area contributed by atoms with E-state index in [0.29, 0.717) is 17.2 Å². The Morgan fingerprint density at radius 1 is 0.674 bits per heavy atom. The van der Waals surface area contributed by atoms with Gasteiger partial charge in [-0.1, -0.05) is 78.0 Å². The van der Waals surface area contributed by atoms with E-state index < -0.39 is 0 Å². The molecule has 1 unspecified atom stereocenters. The molecule has 4 aromatic rings. The maximum absolute atomic E-state index is 12.8. The van der Waals surface area contributed by atoms with Gasteiger partial charge in [0.25, 0.3) is 0 Å². The van der Waals surface area contributed by atoms with Crippen LogP contribution in [0, 0.1) is 5.92 Å². The number of fused-ring (bicyclic) bond motifs is 1. The number of hydrogen-bond acceptors (Lipinski definition) is 5. The first-order valence-electron chi connectivity index (χ1n) is 14.9. The van der Waals surface area contributed by atoms with Gasteiger partial charge in [0, 0.05) is 41.1 Å². The van der Waals surface area contributed by atoms with Crippen molar-refractivity contribution in [3.05, 3.63) is 155 Å². The average molecular weight is 564 g/mol. The predicted octanol–water partition coefficient (Wildman–Crippen LogP) is 8.86. The zero-order chi connectivity index (χ0) is 29.2. The molecule has 4 aromatic carbocycles. The largest absolute Gasteiger partial charge is 0.368 e. The summed E-state index contributed by atoms with van der Waals surface area (Å²) >= 11 is 0. The van der Waals surface area contributed by atoms with Crippen LogP contribution in [0.4, 0.5) is 22.7 Å². The normalized spacial score (nSPS) is 19.5. The highest BCUT2D eigenvalue weighted by Crippen LogP contribution is 2.41. The molecule has 0 saturated heterocycles. The molecule has 1 aliphatic heterocycles. The summed E-state index contributed by atoms with van der Waals surface area (Å²) in [7, 11) is 2.14. The van der Waals surface area contributed by atoms with Gasteiger partial charge in [0.05, 0.1) is 5.57 Å². The van der Waals surface area contributed by atoms with E-state index in [0.717, 1.165) is 59.6 Å². The number of rotatable bonds is 6. The van der Waals surface area contributed by atoms with Gasteiger partial charge >= 0.3 is 5.97 Å². The van der Waals surface area contributed by atoms with Crippen molar-refractivity contribution in [2.75, 3.05) is 16.8 Å². The number of carbonyl (C=O) groups is 1. The maximum atomic E-state index is 12.8. The molecule has 5 nitrogen and oxygen atoms in total. The van der Waals surface area contributed by atoms with Crippen molar-refractivity contribution < 1.29 is 9.63 Å². The summed E-state index contributed by atoms with van der Waals surface area (Å²) in [6.45, 7) is 0. The van der Waals surface area contributed by atoms with Crippen LogP contribution in [0.25, 0.3) is 0 Å². The van der Waals surface area contributed by atoms with Gasteiger partial charge in [0.1, 0.15) is 5.71 Å². The Morgan fingerprint density at radius 3 is 1.88 bits per heavy atom. The number of allylic oxidation sites excluding steroid dienone is 5. The van der Waals surface area contributed by atoms with Gasteiger partial charge in [0.15, 0.2) is 0 Å². The molecule has 0 amide bonds. The predicted molar refractivity (Wildman–Crippen MR) is 174 cm³/mol. The first kappa shape index (κ1) is 26.7. The Hall–Kier alpha value is -5.16. The Morgan fingerprint density at radius 2 is 1.23 bits per heavy atom. The second-order valence-corrected chi connectivity index (χ2v) is 11.2. The molecule has 0 spiro atoms. The minimum Gasteiger partial charge on any atom is -0.348 e. The lowest BCUT2D eigenvalue weighted by Crippen LogP contribution is -2.23. The molecule has 0 saturated carbocycles. The van der Waals surface area contributed by atoms with Gasteiger partial charge in [-0.3, -0.25) is 0 Å². The highest BCUT2D eigenvalue weighted by atomic mass is 16.7. The van der Waals surface area contributed by atoms with Crippen LogP contribution in [0.15, 0.2) is 155 Å². The minimum absolute atomic E-state index is 0.360. The smallest absolute Gasteiger partial charge is 0.348 e. The van der Waals surface area contributed by atoms with E-state index >= 15 is 0 Å². The summed E-state index contributed by atoms with van der Waals surface area (Å²) in [5.74, 6) is 0.144. The van der Waals surface area contributed by atoms with Crippen molar-refractivity contribution >= 4 is 34.4 Å². The first-order chi connectivity index (χ1) is 21.2. The average Bonchev–Trinajstić information content (AvgIpc) is 3.47. The third kappa shape index (κ3) is 5.30. The third-order valence-corrected chi connectivity index (χ3v) is 8.64. The molecule has 7 rings (SSSR count). The lowest BCUT2D eigenvalue weighted by molar-refractivity contribution is -0.136. The van der Waals surface area contributed by atoms with Crippen molar-refractivity contribution in [1.82, 2.24) is 0 Å². The van der Waals surface area contributed by atoms with Crippen LogP contribution in [0.2, 0.25) is 0 Å². The Labute approximate surface area is 252 Å². The van der Waals surface area contributed by atoms with Crippen LogP contribution in [0.5, 0.6) is 0 Å². The lowest BCUT2D eigenvalue weighted by Gasteiger charge is -2.33. The van der Waals surface area contributed by atoms with Gasteiger partial charge in [-0.05, 0) is 97.4 Å². The molecule has 0 radical (unpaired) electrons. The SMILES string of the molecule is CN(C1=CC2=C/C(=C3/C(=O)ON=C3c3ccccc3)CCC2CC1)c1ccc(N(c2ccccc2)c2ccccc2)cc1.